The summed E-state index contributed by atoms with van der Waals surface area (Å²) in [5.41, 5.74) is 0.177. The number of hydrogen-bond donors (Lipinski definition) is 1. The maximum Gasteiger partial charge on any atom is 0.259 e. The van der Waals surface area contributed by atoms with Crippen LogP contribution in [0.15, 0.2) is 28.8 Å². The van der Waals surface area contributed by atoms with Crippen molar-refractivity contribution in [3.05, 3.63) is 41.5 Å². The number of aryl methyl sites for hydroxylation is 1. The molecule has 2 heterocycles. The highest BCUT2D eigenvalue weighted by atomic mass is 16.5. The molecule has 2 fully saturated rings. The molecule has 6 nitrogen and oxygen atoms in total. The van der Waals surface area contributed by atoms with Gasteiger partial charge in [0, 0.05) is 26.1 Å². The summed E-state index contributed by atoms with van der Waals surface area (Å²) in [4.78, 5) is 6.52. The summed E-state index contributed by atoms with van der Waals surface area (Å²) >= 11 is 0. The third kappa shape index (κ3) is 3.85. The van der Waals surface area contributed by atoms with Gasteiger partial charge in [-0.15, -0.1) is 0 Å². The SMILES string of the molecule is CCc1noc(C2(O)CCN(Cc3ccc(OCC4CC4)cc3)C2)n1. The molecule has 1 atom stereocenters. The molecule has 1 saturated carbocycles. The lowest BCUT2D eigenvalue weighted by Crippen LogP contribution is -2.31. The van der Waals surface area contributed by atoms with Gasteiger partial charge in [0.1, 0.15) is 5.75 Å². The summed E-state index contributed by atoms with van der Waals surface area (Å²) in [5, 5.41) is 14.7. The van der Waals surface area contributed by atoms with Crippen LogP contribution < -0.4 is 4.74 Å². The fourth-order valence-electron chi connectivity index (χ4n) is 3.22. The highest BCUT2D eigenvalue weighted by molar-refractivity contribution is 5.27. The van der Waals surface area contributed by atoms with Gasteiger partial charge < -0.3 is 14.4 Å². The lowest BCUT2D eigenvalue weighted by molar-refractivity contribution is 0.0131. The van der Waals surface area contributed by atoms with Crippen molar-refractivity contribution in [2.75, 3.05) is 19.7 Å². The van der Waals surface area contributed by atoms with E-state index in [9.17, 15) is 5.11 Å². The van der Waals surface area contributed by atoms with E-state index in [-0.39, 0.29) is 0 Å². The van der Waals surface area contributed by atoms with E-state index in [1.807, 2.05) is 19.1 Å². The van der Waals surface area contributed by atoms with Crippen LogP contribution in [0.25, 0.3) is 0 Å². The first-order chi connectivity index (χ1) is 12.1. The molecule has 2 aliphatic rings. The summed E-state index contributed by atoms with van der Waals surface area (Å²) in [6.45, 7) is 4.92. The van der Waals surface area contributed by atoms with Gasteiger partial charge in [-0.05, 0) is 42.9 Å². The Kier molecular flexibility index (Phi) is 4.48. The molecule has 2 aromatic rings. The fraction of sp³-hybridized carbons (Fsp3) is 0.579. The molecule has 6 heteroatoms. The van der Waals surface area contributed by atoms with Gasteiger partial charge in [0.15, 0.2) is 11.4 Å². The number of nitrogens with zero attached hydrogens (tertiary/aromatic N) is 3. The van der Waals surface area contributed by atoms with Crippen molar-refractivity contribution in [2.45, 2.75) is 44.8 Å². The zero-order chi connectivity index (χ0) is 17.3. The Balaban J connectivity index is 1.33. The molecule has 0 amide bonds. The van der Waals surface area contributed by atoms with Gasteiger partial charge in [0.25, 0.3) is 5.89 Å². The lowest BCUT2D eigenvalue weighted by Gasteiger charge is -2.19. The second-order valence-corrected chi connectivity index (χ2v) is 7.26. The van der Waals surface area contributed by atoms with Crippen molar-refractivity contribution in [2.24, 2.45) is 5.92 Å². The van der Waals surface area contributed by atoms with Crippen LogP contribution in [-0.2, 0) is 18.6 Å². The minimum absolute atomic E-state index is 0.343. The summed E-state index contributed by atoms with van der Waals surface area (Å²) in [6.07, 6.45) is 3.92. The molecule has 0 spiro atoms. The molecule has 0 radical (unpaired) electrons. The lowest BCUT2D eigenvalue weighted by atomic mass is 10.0. The zero-order valence-corrected chi connectivity index (χ0v) is 14.6. The van der Waals surface area contributed by atoms with Crippen molar-refractivity contribution in [3.63, 3.8) is 0 Å². The average molecular weight is 343 g/mol. The van der Waals surface area contributed by atoms with E-state index >= 15 is 0 Å². The molecule has 1 aliphatic carbocycles. The third-order valence-electron chi connectivity index (χ3n) is 5.02. The number of ether oxygens (including phenoxy) is 1. The van der Waals surface area contributed by atoms with Gasteiger partial charge in [-0.25, -0.2) is 0 Å². The largest absolute Gasteiger partial charge is 0.493 e. The van der Waals surface area contributed by atoms with Crippen molar-refractivity contribution >= 4 is 0 Å². The van der Waals surface area contributed by atoms with Crippen molar-refractivity contribution in [1.29, 1.82) is 0 Å². The maximum absolute atomic E-state index is 10.8. The molecule has 25 heavy (non-hydrogen) atoms. The Hall–Kier alpha value is -1.92. The van der Waals surface area contributed by atoms with Crippen LogP contribution in [0.4, 0.5) is 0 Å². The molecule has 1 aromatic heterocycles. The van der Waals surface area contributed by atoms with Gasteiger partial charge in [0.05, 0.1) is 6.61 Å². The van der Waals surface area contributed by atoms with Crippen LogP contribution in [0, 0.1) is 5.92 Å². The van der Waals surface area contributed by atoms with Gasteiger partial charge in [-0.1, -0.05) is 24.2 Å². The van der Waals surface area contributed by atoms with E-state index in [0.717, 1.165) is 31.4 Å². The number of rotatable bonds is 7. The second kappa shape index (κ2) is 6.77. The average Bonchev–Trinajstić information content (AvgIpc) is 3.18. The standard InChI is InChI=1S/C19H25N3O3/c1-2-17-20-18(25-21-17)19(23)9-10-22(13-19)11-14-5-7-16(8-6-14)24-12-15-3-4-15/h5-8,15,23H,2-4,9-13H2,1H3. The van der Waals surface area contributed by atoms with Crippen molar-refractivity contribution in [1.82, 2.24) is 15.0 Å². The summed E-state index contributed by atoms with van der Waals surface area (Å²) < 4.78 is 11.0. The smallest absolute Gasteiger partial charge is 0.259 e. The molecular formula is C19H25N3O3. The first-order valence-electron chi connectivity index (χ1n) is 9.14. The van der Waals surface area contributed by atoms with Gasteiger partial charge in [-0.2, -0.15) is 4.98 Å². The van der Waals surface area contributed by atoms with Gasteiger partial charge in [-0.3, -0.25) is 4.90 Å². The first-order valence-corrected chi connectivity index (χ1v) is 9.14. The molecule has 1 aliphatic heterocycles. The fourth-order valence-corrected chi connectivity index (χ4v) is 3.22. The van der Waals surface area contributed by atoms with E-state index < -0.39 is 5.60 Å². The molecule has 1 aromatic carbocycles. The number of β-amino-alcohol motifs (C(OH)–C–C–N with tert-alkyl or cyclic N) is 1. The summed E-state index contributed by atoms with van der Waals surface area (Å²) in [7, 11) is 0. The number of hydrogen-bond acceptors (Lipinski definition) is 6. The second-order valence-electron chi connectivity index (χ2n) is 7.26. The molecule has 134 valence electrons. The normalized spacial score (nSPS) is 23.9. The Morgan fingerprint density at radius 2 is 2.12 bits per heavy atom. The van der Waals surface area contributed by atoms with Crippen molar-refractivity contribution < 1.29 is 14.4 Å². The molecule has 1 N–H and O–H groups in total. The predicted octanol–water partition coefficient (Wildman–Crippen LogP) is 2.51. The molecule has 1 unspecified atom stereocenters. The van der Waals surface area contributed by atoms with Crippen LogP contribution >= 0.6 is 0 Å². The summed E-state index contributed by atoms with van der Waals surface area (Å²) in [6, 6.07) is 8.26. The predicted molar refractivity (Wildman–Crippen MR) is 92.1 cm³/mol. The van der Waals surface area contributed by atoms with Crippen LogP contribution in [0.1, 0.15) is 43.5 Å². The Bertz CT molecular complexity index is 711. The highest BCUT2D eigenvalue weighted by Crippen LogP contribution is 2.32. The maximum atomic E-state index is 10.8. The highest BCUT2D eigenvalue weighted by Gasteiger charge is 2.42. The monoisotopic (exact) mass is 343 g/mol. The molecule has 4 rings (SSSR count). The molecule has 0 bridgehead atoms. The quantitative estimate of drug-likeness (QED) is 0.833. The first kappa shape index (κ1) is 16.5. The van der Waals surface area contributed by atoms with Gasteiger partial charge >= 0.3 is 0 Å². The number of benzene rings is 1. The van der Waals surface area contributed by atoms with Crippen LogP contribution in [-0.4, -0.2) is 39.8 Å². The van der Waals surface area contributed by atoms with Gasteiger partial charge in [0.2, 0.25) is 0 Å². The molecular weight excluding hydrogens is 318 g/mol. The summed E-state index contributed by atoms with van der Waals surface area (Å²) in [5.74, 6) is 2.69. The van der Waals surface area contributed by atoms with E-state index in [1.165, 1.54) is 18.4 Å². The number of aliphatic hydroxyl groups is 1. The Morgan fingerprint density at radius 1 is 1.32 bits per heavy atom. The minimum Gasteiger partial charge on any atom is -0.493 e. The van der Waals surface area contributed by atoms with E-state index in [1.54, 1.807) is 0 Å². The topological polar surface area (TPSA) is 71.6 Å². The van der Waals surface area contributed by atoms with E-state index in [4.69, 9.17) is 9.26 Å². The number of aromatic nitrogens is 2. The van der Waals surface area contributed by atoms with Crippen LogP contribution in [0.3, 0.4) is 0 Å². The Labute approximate surface area is 147 Å². The zero-order valence-electron chi connectivity index (χ0n) is 14.6. The van der Waals surface area contributed by atoms with Crippen molar-refractivity contribution in [3.8, 4) is 5.75 Å². The van der Waals surface area contributed by atoms with E-state index in [2.05, 4.69) is 27.2 Å². The van der Waals surface area contributed by atoms with Crippen LogP contribution in [0.5, 0.6) is 5.75 Å². The minimum atomic E-state index is -1.03. The Morgan fingerprint density at radius 3 is 2.80 bits per heavy atom. The van der Waals surface area contributed by atoms with E-state index in [0.29, 0.717) is 31.1 Å². The third-order valence-corrected chi connectivity index (χ3v) is 5.02. The van der Waals surface area contributed by atoms with Crippen LogP contribution in [0.2, 0.25) is 0 Å². The molecule has 1 saturated heterocycles. The number of likely N-dealkylation sites (tertiary alicyclic amines) is 1.